The minimum absolute atomic E-state index is 0.0665. The molecule has 0 aliphatic rings. The summed E-state index contributed by atoms with van der Waals surface area (Å²) in [6.45, 7) is 0. The fourth-order valence-corrected chi connectivity index (χ4v) is 2.11. The molecule has 0 saturated carbocycles. The number of hydrogen-bond acceptors (Lipinski definition) is 2. The van der Waals surface area contributed by atoms with E-state index in [1.165, 1.54) is 24.3 Å². The lowest BCUT2D eigenvalue weighted by Gasteiger charge is -2.02. The van der Waals surface area contributed by atoms with E-state index in [2.05, 4.69) is 0 Å². The standard InChI is InChI=1S/C14H9N2O4/c17-14(18)10-7-5-9(6-8-10)13-15(19)11-3-1-2-4-12(11)16(13)20/h1-8H,(H,17,18). The highest BCUT2D eigenvalue weighted by Gasteiger charge is 2.24. The van der Waals surface area contributed by atoms with E-state index < -0.39 is 5.97 Å². The number of hydrogen-bond donors (Lipinski definition) is 1. The zero-order chi connectivity index (χ0) is 14.3. The van der Waals surface area contributed by atoms with Crippen molar-refractivity contribution in [2.75, 3.05) is 0 Å². The number of carboxylic acids is 1. The van der Waals surface area contributed by atoms with Gasteiger partial charge in [-0.05, 0) is 36.4 Å². The molecule has 1 radical (unpaired) electrons. The van der Waals surface area contributed by atoms with Gasteiger partial charge in [0.2, 0.25) is 5.52 Å². The Morgan fingerprint density at radius 1 is 1.10 bits per heavy atom. The van der Waals surface area contributed by atoms with Gasteiger partial charge in [-0.3, -0.25) is 0 Å². The maximum absolute atomic E-state index is 12.1. The zero-order valence-corrected chi connectivity index (χ0v) is 10.2. The predicted molar refractivity (Wildman–Crippen MR) is 69.4 cm³/mol. The van der Waals surface area contributed by atoms with Crippen molar-refractivity contribution in [3.05, 3.63) is 59.3 Å². The van der Waals surface area contributed by atoms with Crippen molar-refractivity contribution in [2.45, 2.75) is 0 Å². The van der Waals surface area contributed by atoms with Crippen LogP contribution >= 0.6 is 0 Å². The summed E-state index contributed by atoms with van der Waals surface area (Å²) in [6.07, 6.45) is 0. The number of aromatic nitrogens is 2. The number of nitrogens with zero attached hydrogens (tertiary/aromatic N) is 2. The van der Waals surface area contributed by atoms with Gasteiger partial charge in [-0.2, -0.15) is 0 Å². The number of carboxylic acid groups (broad SMARTS) is 1. The molecule has 3 aromatic rings. The number of para-hydroxylation sites is 2. The maximum atomic E-state index is 12.1. The number of carbonyl (C=O) groups is 1. The van der Waals surface area contributed by atoms with Crippen molar-refractivity contribution < 1.29 is 19.8 Å². The second-order valence-corrected chi connectivity index (χ2v) is 4.28. The molecule has 20 heavy (non-hydrogen) atoms. The van der Waals surface area contributed by atoms with Crippen molar-refractivity contribution in [1.82, 2.24) is 4.73 Å². The van der Waals surface area contributed by atoms with Crippen molar-refractivity contribution in [3.8, 4) is 11.4 Å². The average Bonchev–Trinajstić information content (AvgIpc) is 2.72. The first kappa shape index (κ1) is 12.0. The third-order valence-electron chi connectivity index (χ3n) is 3.09. The van der Waals surface area contributed by atoms with Gasteiger partial charge in [0, 0.05) is 4.73 Å². The summed E-state index contributed by atoms with van der Waals surface area (Å²) in [6, 6.07) is 12.1. The first-order chi connectivity index (χ1) is 9.59. The number of benzene rings is 2. The molecule has 99 valence electrons. The third kappa shape index (κ3) is 1.66. The Labute approximate surface area is 113 Å². The molecule has 0 fully saturated rings. The number of aromatic carboxylic acids is 1. The fraction of sp³-hybridized carbons (Fsp3) is 0. The van der Waals surface area contributed by atoms with E-state index in [-0.39, 0.29) is 22.4 Å². The SMILES string of the molecule is [O]n1c(-c2ccc(C(=O)O)cc2)[n+]([O-])c2ccccc21. The highest BCUT2D eigenvalue weighted by molar-refractivity contribution is 5.88. The van der Waals surface area contributed by atoms with Gasteiger partial charge in [-0.15, -0.1) is 0 Å². The largest absolute Gasteiger partial charge is 0.710 e. The van der Waals surface area contributed by atoms with Gasteiger partial charge in [-0.25, -0.2) is 9.52 Å². The van der Waals surface area contributed by atoms with Gasteiger partial charge in [0.1, 0.15) is 0 Å². The third-order valence-corrected chi connectivity index (χ3v) is 3.09. The summed E-state index contributed by atoms with van der Waals surface area (Å²) in [4.78, 5) is 10.8. The second-order valence-electron chi connectivity index (χ2n) is 4.28. The van der Waals surface area contributed by atoms with Crippen LogP contribution < -0.4 is 4.73 Å². The van der Waals surface area contributed by atoms with Gasteiger partial charge in [0.25, 0.3) is 0 Å². The molecule has 2 aromatic carbocycles. The van der Waals surface area contributed by atoms with Gasteiger partial charge >= 0.3 is 11.8 Å². The quantitative estimate of drug-likeness (QED) is 0.568. The normalized spacial score (nSPS) is 10.8. The van der Waals surface area contributed by atoms with Crippen LogP contribution in [0.25, 0.3) is 22.4 Å². The first-order valence-electron chi connectivity index (χ1n) is 5.84. The van der Waals surface area contributed by atoms with Crippen LogP contribution in [-0.4, -0.2) is 15.8 Å². The summed E-state index contributed by atoms with van der Waals surface area (Å²) in [7, 11) is 0. The molecule has 1 aromatic heterocycles. The molecule has 1 heterocycles. The molecule has 0 saturated heterocycles. The van der Waals surface area contributed by atoms with Crippen LogP contribution in [0, 0.1) is 5.21 Å². The number of rotatable bonds is 2. The summed E-state index contributed by atoms with van der Waals surface area (Å²) < 4.78 is 1.11. The molecule has 6 nitrogen and oxygen atoms in total. The predicted octanol–water partition coefficient (Wildman–Crippen LogP) is 1.83. The lowest BCUT2D eigenvalue weighted by molar-refractivity contribution is -0.567. The lowest BCUT2D eigenvalue weighted by atomic mass is 10.1. The lowest BCUT2D eigenvalue weighted by Crippen LogP contribution is -2.27. The molecule has 0 aliphatic carbocycles. The van der Waals surface area contributed by atoms with E-state index in [1.807, 2.05) is 0 Å². The second kappa shape index (κ2) is 4.27. The molecule has 1 N–H and O–H groups in total. The van der Waals surface area contributed by atoms with Crippen molar-refractivity contribution in [3.63, 3.8) is 0 Å². The van der Waals surface area contributed by atoms with Crippen LogP contribution in [0.5, 0.6) is 0 Å². The van der Waals surface area contributed by atoms with Crippen LogP contribution in [0.1, 0.15) is 10.4 Å². The summed E-state index contributed by atoms with van der Waals surface area (Å²) in [5.41, 5.74) is 1.02. The molecular formula is C14H9N2O4. The summed E-state index contributed by atoms with van der Waals surface area (Å²) in [5.74, 6) is -1.13. The molecule has 6 heteroatoms. The molecule has 0 spiro atoms. The van der Waals surface area contributed by atoms with Crippen LogP contribution in [0.4, 0.5) is 0 Å². The van der Waals surface area contributed by atoms with Crippen molar-refractivity contribution in [1.29, 1.82) is 0 Å². The topological polar surface area (TPSA) is 89.1 Å². The highest BCUT2D eigenvalue weighted by atomic mass is 16.5. The molecule has 0 bridgehead atoms. The summed E-state index contributed by atoms with van der Waals surface area (Å²) >= 11 is 0. The average molecular weight is 269 g/mol. The monoisotopic (exact) mass is 269 g/mol. The van der Waals surface area contributed by atoms with Gasteiger partial charge in [0.05, 0.1) is 11.1 Å². The fourth-order valence-electron chi connectivity index (χ4n) is 2.11. The Morgan fingerprint density at radius 3 is 2.35 bits per heavy atom. The zero-order valence-electron chi connectivity index (χ0n) is 10.2. The Balaban J connectivity index is 2.21. The Bertz CT molecular complexity index is 767. The molecular weight excluding hydrogens is 260 g/mol. The van der Waals surface area contributed by atoms with E-state index in [0.29, 0.717) is 15.0 Å². The van der Waals surface area contributed by atoms with Gasteiger partial charge in [-0.1, -0.05) is 17.3 Å². The van der Waals surface area contributed by atoms with Crippen molar-refractivity contribution >= 4 is 17.0 Å². The number of imidazole rings is 1. The first-order valence-corrected chi connectivity index (χ1v) is 5.84. The number of fused-ring (bicyclic) bond motifs is 1. The van der Waals surface area contributed by atoms with E-state index in [0.717, 1.165) is 0 Å². The van der Waals surface area contributed by atoms with E-state index in [1.54, 1.807) is 24.3 Å². The minimum atomic E-state index is -1.06. The maximum Gasteiger partial charge on any atom is 0.337 e. The highest BCUT2D eigenvalue weighted by Crippen LogP contribution is 2.22. The van der Waals surface area contributed by atoms with Crippen LogP contribution in [0.15, 0.2) is 48.5 Å². The Morgan fingerprint density at radius 2 is 1.75 bits per heavy atom. The molecule has 0 amide bonds. The van der Waals surface area contributed by atoms with Crippen molar-refractivity contribution in [2.24, 2.45) is 0 Å². The minimum Gasteiger partial charge on any atom is -0.710 e. The van der Waals surface area contributed by atoms with Crippen LogP contribution in [0.2, 0.25) is 0 Å². The molecule has 0 unspecified atom stereocenters. The summed E-state index contributed by atoms with van der Waals surface area (Å²) in [5, 5.41) is 33.1. The Hall–Kier alpha value is -3.02. The Kier molecular flexibility index (Phi) is 2.57. The van der Waals surface area contributed by atoms with Gasteiger partial charge in [0.15, 0.2) is 5.52 Å². The van der Waals surface area contributed by atoms with Crippen LogP contribution in [-0.2, 0) is 5.21 Å². The van der Waals surface area contributed by atoms with E-state index in [4.69, 9.17) is 5.11 Å². The molecule has 0 aliphatic heterocycles. The van der Waals surface area contributed by atoms with Gasteiger partial charge < -0.3 is 10.3 Å². The molecule has 0 atom stereocenters. The molecule has 3 rings (SSSR count). The van der Waals surface area contributed by atoms with E-state index in [9.17, 15) is 15.2 Å². The smallest absolute Gasteiger partial charge is 0.337 e. The van der Waals surface area contributed by atoms with E-state index >= 15 is 0 Å². The van der Waals surface area contributed by atoms with Crippen LogP contribution in [0.3, 0.4) is 0 Å².